The molecule has 2 N–H and O–H groups in total. The molecule has 84 valence electrons. The van der Waals surface area contributed by atoms with E-state index in [1.54, 1.807) is 0 Å². The van der Waals surface area contributed by atoms with Gasteiger partial charge in [-0.15, -0.1) is 0 Å². The van der Waals surface area contributed by atoms with Gasteiger partial charge in [0.25, 0.3) is 0 Å². The van der Waals surface area contributed by atoms with Crippen molar-refractivity contribution in [2.75, 3.05) is 0 Å². The Bertz CT molecular complexity index is 474. The van der Waals surface area contributed by atoms with Crippen LogP contribution in [0.4, 0.5) is 0 Å². The van der Waals surface area contributed by atoms with Crippen LogP contribution in [0.1, 0.15) is 18.2 Å². The van der Waals surface area contributed by atoms with Crippen molar-refractivity contribution in [2.45, 2.75) is 19.9 Å². The van der Waals surface area contributed by atoms with Gasteiger partial charge in [0.2, 0.25) is 0 Å². The van der Waals surface area contributed by atoms with Gasteiger partial charge in [0.1, 0.15) is 0 Å². The minimum atomic E-state index is 0.525. The molecule has 0 saturated carbocycles. The zero-order valence-corrected chi connectivity index (χ0v) is 9.91. The Kier molecular flexibility index (Phi) is 3.27. The number of benzene rings is 1. The monoisotopic (exact) mass is 235 g/mol. The van der Waals surface area contributed by atoms with E-state index < -0.39 is 0 Å². The minimum absolute atomic E-state index is 0.525. The summed E-state index contributed by atoms with van der Waals surface area (Å²) < 4.78 is 1.92. The van der Waals surface area contributed by atoms with Crippen molar-refractivity contribution < 1.29 is 0 Å². The van der Waals surface area contributed by atoms with E-state index in [0.29, 0.717) is 6.54 Å². The van der Waals surface area contributed by atoms with E-state index >= 15 is 0 Å². The summed E-state index contributed by atoms with van der Waals surface area (Å²) in [5.41, 5.74) is 8.93. The molecule has 0 bridgehead atoms. The van der Waals surface area contributed by atoms with Gasteiger partial charge in [0.05, 0.1) is 11.9 Å². The van der Waals surface area contributed by atoms with Gasteiger partial charge in [-0.05, 0) is 30.7 Å². The fraction of sp³-hybridized carbons (Fsp3) is 0.250. The Morgan fingerprint density at radius 3 is 2.56 bits per heavy atom. The normalized spacial score (nSPS) is 10.7. The Labute approximate surface area is 99.8 Å². The lowest BCUT2D eigenvalue weighted by atomic mass is 10.2. The van der Waals surface area contributed by atoms with E-state index in [0.717, 1.165) is 28.4 Å². The van der Waals surface area contributed by atoms with E-state index in [1.807, 2.05) is 35.1 Å². The standard InChI is InChI=1S/C12H14ClN3/c1-2-12-9(7-14)8-15-16(12)11-5-3-10(13)4-6-11/h3-6,8H,2,7,14H2,1H3. The average Bonchev–Trinajstić information content (AvgIpc) is 2.72. The molecule has 2 rings (SSSR count). The first kappa shape index (κ1) is 11.2. The highest BCUT2D eigenvalue weighted by Gasteiger charge is 2.08. The number of halogens is 1. The summed E-state index contributed by atoms with van der Waals surface area (Å²) in [6, 6.07) is 7.63. The third kappa shape index (κ3) is 1.96. The van der Waals surface area contributed by atoms with Crippen molar-refractivity contribution >= 4 is 11.6 Å². The number of rotatable bonds is 3. The maximum absolute atomic E-state index is 5.86. The lowest BCUT2D eigenvalue weighted by molar-refractivity contribution is 0.807. The molecule has 0 aliphatic heterocycles. The van der Waals surface area contributed by atoms with Crippen LogP contribution in [0.3, 0.4) is 0 Å². The van der Waals surface area contributed by atoms with Crippen LogP contribution in [0.5, 0.6) is 0 Å². The van der Waals surface area contributed by atoms with E-state index in [1.165, 1.54) is 0 Å². The lowest BCUT2D eigenvalue weighted by Gasteiger charge is -2.07. The molecule has 4 heteroatoms. The van der Waals surface area contributed by atoms with Crippen molar-refractivity contribution in [3.05, 3.63) is 46.7 Å². The fourth-order valence-corrected chi connectivity index (χ4v) is 1.89. The van der Waals surface area contributed by atoms with Crippen LogP contribution in [-0.4, -0.2) is 9.78 Å². The Hall–Kier alpha value is -1.32. The van der Waals surface area contributed by atoms with Crippen LogP contribution in [0.25, 0.3) is 5.69 Å². The van der Waals surface area contributed by atoms with Gasteiger partial charge in [-0.3, -0.25) is 0 Å². The third-order valence-corrected chi connectivity index (χ3v) is 2.83. The molecule has 0 fully saturated rings. The maximum Gasteiger partial charge on any atom is 0.0649 e. The van der Waals surface area contributed by atoms with Gasteiger partial charge >= 0.3 is 0 Å². The zero-order valence-electron chi connectivity index (χ0n) is 9.15. The molecule has 0 amide bonds. The van der Waals surface area contributed by atoms with Gasteiger partial charge in [-0.1, -0.05) is 18.5 Å². The number of hydrogen-bond acceptors (Lipinski definition) is 2. The van der Waals surface area contributed by atoms with Crippen molar-refractivity contribution in [3.8, 4) is 5.69 Å². The van der Waals surface area contributed by atoms with Crippen molar-refractivity contribution in [2.24, 2.45) is 5.73 Å². The van der Waals surface area contributed by atoms with Crippen LogP contribution in [0.15, 0.2) is 30.5 Å². The summed E-state index contributed by atoms with van der Waals surface area (Å²) in [6.45, 7) is 2.62. The molecule has 3 nitrogen and oxygen atoms in total. The molecule has 0 saturated heterocycles. The Balaban J connectivity index is 2.47. The second kappa shape index (κ2) is 4.68. The molecule has 2 aromatic rings. The van der Waals surface area contributed by atoms with E-state index in [9.17, 15) is 0 Å². The van der Waals surface area contributed by atoms with E-state index in [-0.39, 0.29) is 0 Å². The van der Waals surface area contributed by atoms with Gasteiger partial charge in [0.15, 0.2) is 0 Å². The summed E-state index contributed by atoms with van der Waals surface area (Å²) in [4.78, 5) is 0. The van der Waals surface area contributed by atoms with Gasteiger partial charge in [-0.2, -0.15) is 5.10 Å². The quantitative estimate of drug-likeness (QED) is 0.889. The topological polar surface area (TPSA) is 43.8 Å². The smallest absolute Gasteiger partial charge is 0.0649 e. The Morgan fingerprint density at radius 2 is 2.00 bits per heavy atom. The van der Waals surface area contributed by atoms with Crippen LogP contribution >= 0.6 is 11.6 Å². The largest absolute Gasteiger partial charge is 0.326 e. The molecule has 0 unspecified atom stereocenters. The maximum atomic E-state index is 5.86. The van der Waals surface area contributed by atoms with Crippen LogP contribution < -0.4 is 5.73 Å². The number of hydrogen-bond donors (Lipinski definition) is 1. The third-order valence-electron chi connectivity index (χ3n) is 2.58. The molecule has 0 aliphatic carbocycles. The summed E-state index contributed by atoms with van der Waals surface area (Å²) in [6.07, 6.45) is 2.74. The zero-order chi connectivity index (χ0) is 11.5. The molecule has 1 heterocycles. The number of aromatic nitrogens is 2. The molecular formula is C12H14ClN3. The van der Waals surface area contributed by atoms with E-state index in [2.05, 4.69) is 12.0 Å². The number of nitrogens with two attached hydrogens (primary N) is 1. The van der Waals surface area contributed by atoms with Crippen LogP contribution in [0.2, 0.25) is 5.02 Å². The Morgan fingerprint density at radius 1 is 1.31 bits per heavy atom. The second-order valence-electron chi connectivity index (χ2n) is 3.56. The number of nitrogens with zero attached hydrogens (tertiary/aromatic N) is 2. The van der Waals surface area contributed by atoms with Crippen molar-refractivity contribution in [1.82, 2.24) is 9.78 Å². The van der Waals surface area contributed by atoms with Crippen LogP contribution in [0, 0.1) is 0 Å². The first-order valence-electron chi connectivity index (χ1n) is 5.28. The highest BCUT2D eigenvalue weighted by molar-refractivity contribution is 6.30. The predicted octanol–water partition coefficient (Wildman–Crippen LogP) is 2.55. The lowest BCUT2D eigenvalue weighted by Crippen LogP contribution is -2.04. The highest BCUT2D eigenvalue weighted by atomic mass is 35.5. The molecule has 0 aliphatic rings. The molecule has 0 atom stereocenters. The van der Waals surface area contributed by atoms with Gasteiger partial charge in [0, 0.05) is 22.8 Å². The molecule has 1 aromatic carbocycles. The first-order valence-corrected chi connectivity index (χ1v) is 5.65. The van der Waals surface area contributed by atoms with Crippen LogP contribution in [-0.2, 0) is 13.0 Å². The van der Waals surface area contributed by atoms with Gasteiger partial charge < -0.3 is 5.73 Å². The fourth-order valence-electron chi connectivity index (χ4n) is 1.76. The van der Waals surface area contributed by atoms with Crippen molar-refractivity contribution in [3.63, 3.8) is 0 Å². The van der Waals surface area contributed by atoms with E-state index in [4.69, 9.17) is 17.3 Å². The molecule has 1 aromatic heterocycles. The van der Waals surface area contributed by atoms with Gasteiger partial charge in [-0.25, -0.2) is 4.68 Å². The van der Waals surface area contributed by atoms with Crippen molar-refractivity contribution in [1.29, 1.82) is 0 Å². The average molecular weight is 236 g/mol. The molecule has 0 radical (unpaired) electrons. The highest BCUT2D eigenvalue weighted by Crippen LogP contribution is 2.17. The summed E-state index contributed by atoms with van der Waals surface area (Å²) in [5, 5.41) is 5.08. The molecule has 16 heavy (non-hydrogen) atoms. The SMILES string of the molecule is CCc1c(CN)cnn1-c1ccc(Cl)cc1. The predicted molar refractivity (Wildman–Crippen MR) is 65.8 cm³/mol. The summed E-state index contributed by atoms with van der Waals surface area (Å²) in [5.74, 6) is 0. The summed E-state index contributed by atoms with van der Waals surface area (Å²) in [7, 11) is 0. The molecular weight excluding hydrogens is 222 g/mol. The second-order valence-corrected chi connectivity index (χ2v) is 4.00. The summed E-state index contributed by atoms with van der Waals surface area (Å²) >= 11 is 5.86. The first-order chi connectivity index (χ1) is 7.76. The minimum Gasteiger partial charge on any atom is -0.326 e. The molecule has 0 spiro atoms.